The zero-order valence-electron chi connectivity index (χ0n) is 38.9. The van der Waals surface area contributed by atoms with Crippen LogP contribution in [0.4, 0.5) is 0 Å². The molecule has 4 unspecified atom stereocenters. The lowest BCUT2D eigenvalue weighted by molar-refractivity contribution is -0.159. The number of allylic oxidation sites excluding steroid dienone is 5. The molecule has 3 saturated carbocycles. The van der Waals surface area contributed by atoms with E-state index in [0.717, 1.165) is 80.5 Å². The maximum Gasteiger partial charge on any atom is 0.306 e. The first kappa shape index (κ1) is 48.7. The van der Waals surface area contributed by atoms with Crippen LogP contribution >= 0.6 is 0 Å². The number of carbonyl (C=O) groups is 2. The van der Waals surface area contributed by atoms with Gasteiger partial charge in [0.15, 0.2) is 0 Å². The third-order valence-corrected chi connectivity index (χ3v) is 15.3. The quantitative estimate of drug-likeness (QED) is 0.0468. The fourth-order valence-corrected chi connectivity index (χ4v) is 12.0. The lowest BCUT2D eigenvalue weighted by Crippen LogP contribution is -2.51. The number of fused-ring (bicyclic) bond motifs is 5. The first-order valence-electron chi connectivity index (χ1n) is 24.5. The van der Waals surface area contributed by atoms with E-state index in [1.807, 2.05) is 19.0 Å². The van der Waals surface area contributed by atoms with E-state index in [1.54, 1.807) is 0 Å². The number of hydrogen-bond donors (Lipinski definition) is 0. The lowest BCUT2D eigenvalue weighted by Gasteiger charge is -2.58. The molecule has 58 heavy (non-hydrogen) atoms. The molecule has 4 aliphatic carbocycles. The van der Waals surface area contributed by atoms with Crippen LogP contribution in [0, 0.1) is 46.3 Å². The molecular formula is C52H89NO5. The second-order valence-corrected chi connectivity index (χ2v) is 20.5. The van der Waals surface area contributed by atoms with Gasteiger partial charge in [-0.3, -0.25) is 9.59 Å². The number of esters is 2. The summed E-state index contributed by atoms with van der Waals surface area (Å²) in [6, 6.07) is 0. The molecule has 0 aromatic rings. The maximum atomic E-state index is 13.0. The highest BCUT2D eigenvalue weighted by Gasteiger charge is 2.59. The summed E-state index contributed by atoms with van der Waals surface area (Å²) >= 11 is 0. The van der Waals surface area contributed by atoms with Crippen molar-refractivity contribution in [2.75, 3.05) is 33.9 Å². The van der Waals surface area contributed by atoms with Crippen molar-refractivity contribution < 1.29 is 23.8 Å². The lowest BCUT2D eigenvalue weighted by atomic mass is 9.47. The van der Waals surface area contributed by atoms with E-state index in [2.05, 4.69) is 71.9 Å². The van der Waals surface area contributed by atoms with E-state index >= 15 is 0 Å². The second-order valence-electron chi connectivity index (χ2n) is 20.5. The Morgan fingerprint density at radius 3 is 2.28 bits per heavy atom. The van der Waals surface area contributed by atoms with Crippen molar-refractivity contribution in [2.45, 2.75) is 201 Å². The van der Waals surface area contributed by atoms with Gasteiger partial charge in [0.2, 0.25) is 0 Å². The van der Waals surface area contributed by atoms with Crippen molar-refractivity contribution in [1.29, 1.82) is 0 Å². The molecule has 0 N–H and O–H groups in total. The number of nitrogens with zero attached hydrogens (tertiary/aromatic N) is 1. The van der Waals surface area contributed by atoms with Gasteiger partial charge in [-0.2, -0.15) is 0 Å². The van der Waals surface area contributed by atoms with Gasteiger partial charge < -0.3 is 19.1 Å². The SMILES string of the molecule is CCCCCC=CCC=CCCCCCCOCC(CN(C)C)OC(=O)CCC(=O)O[C@H]1CC[C@@]2(C)C(=CCC3C2CC[C@@]2(C)C3CC[C@@H]2[C@H](C)CCCC(C)C)C1. The summed E-state index contributed by atoms with van der Waals surface area (Å²) in [5.41, 5.74) is 2.26. The number of unbranched alkanes of at least 4 members (excludes halogenated alkanes) is 7. The van der Waals surface area contributed by atoms with E-state index in [4.69, 9.17) is 14.2 Å². The summed E-state index contributed by atoms with van der Waals surface area (Å²) in [6.45, 7) is 16.4. The molecule has 0 spiro atoms. The molecule has 9 atom stereocenters. The van der Waals surface area contributed by atoms with Crippen molar-refractivity contribution >= 4 is 11.9 Å². The minimum atomic E-state index is -0.354. The highest BCUT2D eigenvalue weighted by atomic mass is 16.6. The van der Waals surface area contributed by atoms with Crippen molar-refractivity contribution in [2.24, 2.45) is 46.3 Å². The molecule has 4 rings (SSSR count). The van der Waals surface area contributed by atoms with Gasteiger partial charge in [0, 0.05) is 19.6 Å². The number of likely N-dealkylation sites (N-methyl/N-ethyl adjacent to an activating group) is 1. The van der Waals surface area contributed by atoms with Crippen LogP contribution in [-0.4, -0.2) is 62.9 Å². The summed E-state index contributed by atoms with van der Waals surface area (Å²) in [5, 5.41) is 0. The molecule has 0 bridgehead atoms. The Bertz CT molecular complexity index is 1300. The second kappa shape index (κ2) is 25.1. The molecule has 6 nitrogen and oxygen atoms in total. The third kappa shape index (κ3) is 14.9. The summed E-state index contributed by atoms with van der Waals surface area (Å²) in [7, 11) is 3.94. The predicted octanol–water partition coefficient (Wildman–Crippen LogP) is 13.2. The van der Waals surface area contributed by atoms with Crippen molar-refractivity contribution in [3.8, 4) is 0 Å². The van der Waals surface area contributed by atoms with Gasteiger partial charge in [-0.15, -0.1) is 0 Å². The normalized spacial score (nSPS) is 29.3. The minimum absolute atomic E-state index is 0.0425. The molecule has 0 aromatic heterocycles. The Balaban J connectivity index is 1.12. The van der Waals surface area contributed by atoms with Gasteiger partial charge >= 0.3 is 11.9 Å². The predicted molar refractivity (Wildman–Crippen MR) is 242 cm³/mol. The van der Waals surface area contributed by atoms with E-state index < -0.39 is 0 Å². The Labute approximate surface area is 357 Å². The Kier molecular flexibility index (Phi) is 21.1. The first-order valence-corrected chi connectivity index (χ1v) is 24.5. The third-order valence-electron chi connectivity index (χ3n) is 15.3. The van der Waals surface area contributed by atoms with Gasteiger partial charge in [0.1, 0.15) is 12.2 Å². The zero-order valence-corrected chi connectivity index (χ0v) is 38.9. The molecule has 332 valence electrons. The number of ether oxygens (including phenoxy) is 3. The van der Waals surface area contributed by atoms with E-state index in [-0.39, 0.29) is 42.4 Å². The summed E-state index contributed by atoms with van der Waals surface area (Å²) in [5.74, 6) is 4.29. The summed E-state index contributed by atoms with van der Waals surface area (Å²) < 4.78 is 17.8. The molecule has 6 heteroatoms. The van der Waals surface area contributed by atoms with Crippen LogP contribution in [0.2, 0.25) is 0 Å². The highest BCUT2D eigenvalue weighted by molar-refractivity contribution is 5.77. The van der Waals surface area contributed by atoms with Gasteiger partial charge in [0.25, 0.3) is 0 Å². The standard InChI is InChI=1S/C52H89NO5/c1-9-10-11-12-13-14-15-16-17-18-19-20-21-22-36-56-39-44(38-53(7)8)58-50(55)31-30-49(54)57-43-32-34-51(5)42(37-43)26-27-45-47-29-28-46(41(4)25-23-24-40(2)3)52(47,6)35-33-48(45)51/h13-14,16-17,26,40-41,43-48H,9-12,15,18-25,27-39H2,1-8H3/t41-,43+,44?,45?,46-,47?,48?,51+,52-/m1/s1. The molecule has 0 aromatic carbocycles. The maximum absolute atomic E-state index is 13.0. The molecule has 0 amide bonds. The van der Waals surface area contributed by atoms with Crippen LogP contribution in [0.5, 0.6) is 0 Å². The minimum Gasteiger partial charge on any atom is -0.462 e. The Morgan fingerprint density at radius 1 is 0.828 bits per heavy atom. The van der Waals surface area contributed by atoms with Gasteiger partial charge in [-0.1, -0.05) is 122 Å². The molecule has 3 fully saturated rings. The fraction of sp³-hybridized carbons (Fsp3) is 0.846. The Hall–Kier alpha value is -1.92. The van der Waals surface area contributed by atoms with Crippen molar-refractivity contribution in [3.63, 3.8) is 0 Å². The van der Waals surface area contributed by atoms with E-state index in [9.17, 15) is 9.59 Å². The van der Waals surface area contributed by atoms with Crippen LogP contribution in [-0.2, 0) is 23.8 Å². The number of rotatable bonds is 27. The average molecular weight is 808 g/mol. The topological polar surface area (TPSA) is 65.1 Å². The molecule has 0 heterocycles. The molecule has 0 radical (unpaired) electrons. The zero-order chi connectivity index (χ0) is 42.0. The van der Waals surface area contributed by atoms with Gasteiger partial charge in [0.05, 0.1) is 19.4 Å². The number of carbonyl (C=O) groups excluding carboxylic acids is 2. The van der Waals surface area contributed by atoms with Gasteiger partial charge in [-0.05, 0) is 144 Å². The van der Waals surface area contributed by atoms with Crippen LogP contribution in [0.25, 0.3) is 0 Å². The molecule has 0 saturated heterocycles. The van der Waals surface area contributed by atoms with Crippen LogP contribution in [0.3, 0.4) is 0 Å². The van der Waals surface area contributed by atoms with E-state index in [1.165, 1.54) is 95.5 Å². The molecule has 4 aliphatic rings. The average Bonchev–Trinajstić information content (AvgIpc) is 3.54. The Morgan fingerprint density at radius 2 is 1.55 bits per heavy atom. The smallest absolute Gasteiger partial charge is 0.306 e. The largest absolute Gasteiger partial charge is 0.462 e. The van der Waals surface area contributed by atoms with Gasteiger partial charge in [-0.25, -0.2) is 0 Å². The van der Waals surface area contributed by atoms with Crippen LogP contribution in [0.1, 0.15) is 189 Å². The first-order chi connectivity index (χ1) is 27.9. The summed E-state index contributed by atoms with van der Waals surface area (Å²) in [6.07, 6.45) is 37.1. The van der Waals surface area contributed by atoms with Crippen LogP contribution in [0.15, 0.2) is 36.0 Å². The molecular weight excluding hydrogens is 719 g/mol. The fourth-order valence-electron chi connectivity index (χ4n) is 12.0. The van der Waals surface area contributed by atoms with Crippen LogP contribution < -0.4 is 0 Å². The van der Waals surface area contributed by atoms with Crippen molar-refractivity contribution in [1.82, 2.24) is 4.90 Å². The van der Waals surface area contributed by atoms with Crippen molar-refractivity contribution in [3.05, 3.63) is 36.0 Å². The highest BCUT2D eigenvalue weighted by Crippen LogP contribution is 2.67. The summed E-state index contributed by atoms with van der Waals surface area (Å²) in [4.78, 5) is 27.9. The van der Waals surface area contributed by atoms with E-state index in [0.29, 0.717) is 25.2 Å². The monoisotopic (exact) mass is 808 g/mol. The number of hydrogen-bond acceptors (Lipinski definition) is 6. The molecule has 0 aliphatic heterocycles.